The molecule has 1 aliphatic carbocycles. The highest BCUT2D eigenvalue weighted by molar-refractivity contribution is 8.01. The first-order valence-corrected chi connectivity index (χ1v) is 9.98. The van der Waals surface area contributed by atoms with Crippen LogP contribution in [-0.4, -0.2) is 40.8 Å². The van der Waals surface area contributed by atoms with E-state index in [2.05, 4.69) is 10.2 Å². The van der Waals surface area contributed by atoms with E-state index < -0.39 is 5.82 Å². The van der Waals surface area contributed by atoms with Gasteiger partial charge in [0.1, 0.15) is 11.6 Å². The summed E-state index contributed by atoms with van der Waals surface area (Å²) in [5, 5.41) is 8.74. The molecular formula is C17H18FN3O3S2. The summed E-state index contributed by atoms with van der Waals surface area (Å²) >= 11 is 2.51. The van der Waals surface area contributed by atoms with Crippen LogP contribution in [0.15, 0.2) is 22.5 Å². The Kier molecular flexibility index (Phi) is 5.87. The minimum absolute atomic E-state index is 0.0285. The van der Waals surface area contributed by atoms with Crippen molar-refractivity contribution in [2.75, 3.05) is 17.8 Å². The SMILES string of the molecule is CCC(=O)N(c1nnc(SCC(=O)c2cc(F)ccc2OC)s1)C1CC1. The highest BCUT2D eigenvalue weighted by Crippen LogP contribution is 2.36. The topological polar surface area (TPSA) is 72.4 Å². The Morgan fingerprint density at radius 1 is 1.38 bits per heavy atom. The summed E-state index contributed by atoms with van der Waals surface area (Å²) < 4.78 is 19.1. The van der Waals surface area contributed by atoms with Crippen LogP contribution >= 0.6 is 23.1 Å². The minimum atomic E-state index is -0.490. The van der Waals surface area contributed by atoms with E-state index in [1.54, 1.807) is 4.90 Å². The quantitative estimate of drug-likeness (QED) is 0.387. The molecule has 0 unspecified atom stereocenters. The Bertz CT molecular complexity index is 823. The molecule has 2 aromatic rings. The van der Waals surface area contributed by atoms with Crippen LogP contribution < -0.4 is 9.64 Å². The van der Waals surface area contributed by atoms with Crippen molar-refractivity contribution < 1.29 is 18.7 Å². The maximum absolute atomic E-state index is 13.4. The lowest BCUT2D eigenvalue weighted by atomic mass is 10.1. The Labute approximate surface area is 158 Å². The molecule has 0 bridgehead atoms. The van der Waals surface area contributed by atoms with Gasteiger partial charge in [0.05, 0.1) is 18.4 Å². The van der Waals surface area contributed by atoms with Crippen molar-refractivity contribution in [3.63, 3.8) is 0 Å². The van der Waals surface area contributed by atoms with Crippen molar-refractivity contribution in [3.8, 4) is 5.75 Å². The number of hydrogen-bond acceptors (Lipinski definition) is 7. The van der Waals surface area contributed by atoms with Gasteiger partial charge in [-0.05, 0) is 31.0 Å². The number of methoxy groups -OCH3 is 1. The molecule has 138 valence electrons. The standard InChI is InChI=1S/C17H18FN3O3S2/c1-3-15(23)21(11-5-6-11)16-19-20-17(26-16)25-9-13(22)12-8-10(18)4-7-14(12)24-2/h4,7-8,11H,3,5-6,9H2,1-2H3. The van der Waals surface area contributed by atoms with Gasteiger partial charge in [-0.25, -0.2) is 4.39 Å². The van der Waals surface area contributed by atoms with Crippen LogP contribution in [0.25, 0.3) is 0 Å². The second-order valence-electron chi connectivity index (χ2n) is 5.76. The summed E-state index contributed by atoms with van der Waals surface area (Å²) in [6, 6.07) is 4.06. The minimum Gasteiger partial charge on any atom is -0.496 e. The van der Waals surface area contributed by atoms with Crippen LogP contribution in [0.3, 0.4) is 0 Å². The zero-order chi connectivity index (χ0) is 18.7. The van der Waals surface area contributed by atoms with Crippen LogP contribution in [0, 0.1) is 5.82 Å². The van der Waals surface area contributed by atoms with Crippen molar-refractivity contribution in [1.29, 1.82) is 0 Å². The van der Waals surface area contributed by atoms with E-state index in [0.717, 1.165) is 12.8 Å². The van der Waals surface area contributed by atoms with Gasteiger partial charge in [-0.1, -0.05) is 30.0 Å². The maximum atomic E-state index is 13.4. The van der Waals surface area contributed by atoms with E-state index >= 15 is 0 Å². The lowest BCUT2D eigenvalue weighted by Crippen LogP contribution is -2.32. The molecular weight excluding hydrogens is 377 g/mol. The summed E-state index contributed by atoms with van der Waals surface area (Å²) in [6.45, 7) is 1.82. The van der Waals surface area contributed by atoms with Crippen LogP contribution in [0.4, 0.5) is 9.52 Å². The van der Waals surface area contributed by atoms with Gasteiger partial charge in [-0.2, -0.15) is 0 Å². The third-order valence-corrected chi connectivity index (χ3v) is 5.93. The molecule has 26 heavy (non-hydrogen) atoms. The molecule has 0 N–H and O–H groups in total. The number of nitrogens with zero attached hydrogens (tertiary/aromatic N) is 3. The number of benzene rings is 1. The molecule has 0 atom stereocenters. The fourth-order valence-corrected chi connectivity index (χ4v) is 4.24. The van der Waals surface area contributed by atoms with Crippen molar-refractivity contribution >= 4 is 39.9 Å². The molecule has 1 heterocycles. The summed E-state index contributed by atoms with van der Waals surface area (Å²) in [5.41, 5.74) is 0.200. The molecule has 6 nitrogen and oxygen atoms in total. The van der Waals surface area contributed by atoms with Crippen LogP contribution in [0.1, 0.15) is 36.5 Å². The van der Waals surface area contributed by atoms with Gasteiger partial charge in [-0.3, -0.25) is 14.5 Å². The molecule has 1 aliphatic rings. The van der Waals surface area contributed by atoms with Gasteiger partial charge >= 0.3 is 0 Å². The smallest absolute Gasteiger partial charge is 0.228 e. The highest BCUT2D eigenvalue weighted by atomic mass is 32.2. The predicted octanol–water partition coefficient (Wildman–Crippen LogP) is 3.57. The molecule has 0 spiro atoms. The van der Waals surface area contributed by atoms with E-state index in [4.69, 9.17) is 4.74 Å². The first-order valence-electron chi connectivity index (χ1n) is 8.18. The first kappa shape index (κ1) is 18.8. The number of thioether (sulfide) groups is 1. The molecule has 0 radical (unpaired) electrons. The maximum Gasteiger partial charge on any atom is 0.228 e. The van der Waals surface area contributed by atoms with Gasteiger partial charge in [0.2, 0.25) is 11.0 Å². The number of hydrogen-bond donors (Lipinski definition) is 0. The van der Waals surface area contributed by atoms with Gasteiger partial charge in [-0.15, -0.1) is 10.2 Å². The summed E-state index contributed by atoms with van der Waals surface area (Å²) in [7, 11) is 1.44. The Morgan fingerprint density at radius 3 is 2.81 bits per heavy atom. The first-order chi connectivity index (χ1) is 12.5. The lowest BCUT2D eigenvalue weighted by Gasteiger charge is -2.17. The number of rotatable bonds is 8. The molecule has 1 amide bonds. The number of halogens is 1. The van der Waals surface area contributed by atoms with E-state index in [-0.39, 0.29) is 29.0 Å². The van der Waals surface area contributed by atoms with Gasteiger partial charge in [0, 0.05) is 12.5 Å². The molecule has 1 saturated carbocycles. The van der Waals surface area contributed by atoms with Crippen molar-refractivity contribution in [3.05, 3.63) is 29.6 Å². The molecule has 3 rings (SSSR count). The number of carbonyl (C=O) groups is 2. The fraction of sp³-hybridized carbons (Fsp3) is 0.412. The van der Waals surface area contributed by atoms with Gasteiger partial charge in [0.15, 0.2) is 10.1 Å². The Balaban J connectivity index is 1.67. The molecule has 1 fully saturated rings. The third-order valence-electron chi connectivity index (χ3n) is 3.87. The summed E-state index contributed by atoms with van der Waals surface area (Å²) in [5.74, 6) is -0.300. The van der Waals surface area contributed by atoms with E-state index in [1.165, 1.54) is 48.4 Å². The van der Waals surface area contributed by atoms with Crippen molar-refractivity contribution in [1.82, 2.24) is 10.2 Å². The molecule has 0 saturated heterocycles. The van der Waals surface area contributed by atoms with E-state index in [0.29, 0.717) is 21.6 Å². The second kappa shape index (κ2) is 8.13. The zero-order valence-corrected chi connectivity index (χ0v) is 16.0. The zero-order valence-electron chi connectivity index (χ0n) is 14.4. The predicted molar refractivity (Wildman–Crippen MR) is 98.7 cm³/mol. The number of amides is 1. The largest absolute Gasteiger partial charge is 0.496 e. The average Bonchev–Trinajstić information content (AvgIpc) is 3.37. The number of ketones is 1. The summed E-state index contributed by atoms with van der Waals surface area (Å²) in [4.78, 5) is 26.2. The van der Waals surface area contributed by atoms with E-state index in [1.807, 2.05) is 6.92 Å². The van der Waals surface area contributed by atoms with Crippen LogP contribution in [0.5, 0.6) is 5.75 Å². The number of ether oxygens (including phenoxy) is 1. The molecule has 0 aliphatic heterocycles. The van der Waals surface area contributed by atoms with Gasteiger partial charge in [0.25, 0.3) is 0 Å². The van der Waals surface area contributed by atoms with Crippen LogP contribution in [-0.2, 0) is 4.79 Å². The number of carbonyl (C=O) groups excluding carboxylic acids is 2. The molecule has 1 aromatic carbocycles. The average molecular weight is 395 g/mol. The number of Topliss-reactive ketones (excluding diaryl/α,β-unsaturated/α-hetero) is 1. The van der Waals surface area contributed by atoms with Crippen LogP contribution in [0.2, 0.25) is 0 Å². The molecule has 9 heteroatoms. The van der Waals surface area contributed by atoms with E-state index in [9.17, 15) is 14.0 Å². The molecule has 1 aromatic heterocycles. The fourth-order valence-electron chi connectivity index (χ4n) is 2.43. The van der Waals surface area contributed by atoms with Gasteiger partial charge < -0.3 is 4.74 Å². The van der Waals surface area contributed by atoms with Crippen molar-refractivity contribution in [2.45, 2.75) is 36.6 Å². The number of aromatic nitrogens is 2. The Hall–Kier alpha value is -2.00. The Morgan fingerprint density at radius 2 is 2.15 bits per heavy atom. The van der Waals surface area contributed by atoms with Crippen molar-refractivity contribution in [2.24, 2.45) is 0 Å². The summed E-state index contributed by atoms with van der Waals surface area (Å²) in [6.07, 6.45) is 2.37. The highest BCUT2D eigenvalue weighted by Gasteiger charge is 2.35. The monoisotopic (exact) mass is 395 g/mol. The second-order valence-corrected chi connectivity index (χ2v) is 7.93. The normalized spacial score (nSPS) is 13.5. The number of anilines is 1. The third kappa shape index (κ3) is 4.21. The lowest BCUT2D eigenvalue weighted by molar-refractivity contribution is -0.118.